The molecule has 29 heavy (non-hydrogen) atoms. The molecule has 2 aromatic heterocycles. The van der Waals surface area contributed by atoms with E-state index in [0.717, 1.165) is 30.2 Å². The van der Waals surface area contributed by atoms with Gasteiger partial charge in [0.25, 0.3) is 0 Å². The Morgan fingerprint density at radius 2 is 2.00 bits per heavy atom. The van der Waals surface area contributed by atoms with Crippen molar-refractivity contribution in [3.05, 3.63) is 58.3 Å². The van der Waals surface area contributed by atoms with Gasteiger partial charge in [0.1, 0.15) is 11.6 Å². The number of hydrogen-bond donors (Lipinski definition) is 1. The molecule has 0 radical (unpaired) electrons. The van der Waals surface area contributed by atoms with Gasteiger partial charge in [0.15, 0.2) is 5.16 Å². The van der Waals surface area contributed by atoms with E-state index in [2.05, 4.69) is 31.5 Å². The van der Waals surface area contributed by atoms with Crippen LogP contribution in [0.4, 0.5) is 10.1 Å². The molecule has 152 valence electrons. The number of benzene rings is 1. The lowest BCUT2D eigenvalue weighted by Crippen LogP contribution is -2.18. The van der Waals surface area contributed by atoms with E-state index in [4.69, 9.17) is 0 Å². The quantitative estimate of drug-likeness (QED) is 0.516. The molecule has 0 unspecified atom stereocenters. The van der Waals surface area contributed by atoms with Gasteiger partial charge in [-0.15, -0.1) is 21.5 Å². The second kappa shape index (κ2) is 9.54. The van der Waals surface area contributed by atoms with E-state index in [0.29, 0.717) is 6.04 Å². The van der Waals surface area contributed by atoms with Crippen molar-refractivity contribution in [2.45, 2.75) is 49.7 Å². The first kappa shape index (κ1) is 20.1. The zero-order valence-electron chi connectivity index (χ0n) is 16.0. The Kier molecular flexibility index (Phi) is 6.61. The van der Waals surface area contributed by atoms with Crippen LogP contribution in [-0.4, -0.2) is 26.4 Å². The third-order valence-corrected chi connectivity index (χ3v) is 6.89. The first-order valence-electron chi connectivity index (χ1n) is 9.84. The lowest BCUT2D eigenvalue weighted by atomic mass is 9.95. The van der Waals surface area contributed by atoms with Crippen LogP contribution in [0, 0.1) is 5.82 Å². The van der Waals surface area contributed by atoms with Gasteiger partial charge in [0, 0.05) is 17.3 Å². The van der Waals surface area contributed by atoms with Gasteiger partial charge >= 0.3 is 0 Å². The van der Waals surface area contributed by atoms with E-state index in [-0.39, 0.29) is 17.3 Å². The number of hydrogen-bond acceptors (Lipinski definition) is 5. The molecular weight excluding hydrogens is 407 g/mol. The van der Waals surface area contributed by atoms with Crippen molar-refractivity contribution in [1.82, 2.24) is 14.8 Å². The Bertz CT molecular complexity index is 952. The van der Waals surface area contributed by atoms with Crippen LogP contribution in [0.2, 0.25) is 0 Å². The van der Waals surface area contributed by atoms with Crippen LogP contribution in [0.25, 0.3) is 0 Å². The summed E-state index contributed by atoms with van der Waals surface area (Å²) in [6.45, 7) is 0. The monoisotopic (exact) mass is 430 g/mol. The van der Waals surface area contributed by atoms with Crippen LogP contribution >= 0.6 is 23.1 Å². The van der Waals surface area contributed by atoms with Crippen molar-refractivity contribution < 1.29 is 9.18 Å². The lowest BCUT2D eigenvalue weighted by Gasteiger charge is -2.25. The largest absolute Gasteiger partial charge is 0.323 e. The molecule has 1 aliphatic rings. The third-order valence-electron chi connectivity index (χ3n) is 5.07. The summed E-state index contributed by atoms with van der Waals surface area (Å²) in [7, 11) is 0. The van der Waals surface area contributed by atoms with E-state index in [1.54, 1.807) is 29.5 Å². The number of carbonyl (C=O) groups excluding carboxylic acids is 1. The number of anilines is 1. The molecule has 0 bridgehead atoms. The molecular formula is C21H23FN4OS2. The van der Waals surface area contributed by atoms with Crippen molar-refractivity contribution >= 4 is 34.7 Å². The van der Waals surface area contributed by atoms with Gasteiger partial charge in [-0.1, -0.05) is 49.2 Å². The van der Waals surface area contributed by atoms with Gasteiger partial charge in [-0.2, -0.15) is 0 Å². The highest BCUT2D eigenvalue weighted by Gasteiger charge is 2.24. The predicted octanol–water partition coefficient (Wildman–Crippen LogP) is 5.31. The summed E-state index contributed by atoms with van der Waals surface area (Å²) in [5.41, 5.74) is 0.199. The average molecular weight is 431 g/mol. The third kappa shape index (κ3) is 5.05. The summed E-state index contributed by atoms with van der Waals surface area (Å²) in [5, 5.41) is 14.3. The molecule has 1 saturated carbocycles. The van der Waals surface area contributed by atoms with Crippen LogP contribution in [-0.2, 0) is 11.2 Å². The van der Waals surface area contributed by atoms with Crippen molar-refractivity contribution in [3.63, 3.8) is 0 Å². The van der Waals surface area contributed by atoms with E-state index in [1.807, 2.05) is 6.07 Å². The number of thioether (sulfide) groups is 1. The van der Waals surface area contributed by atoms with E-state index in [9.17, 15) is 9.18 Å². The Hall–Kier alpha value is -2.19. The summed E-state index contributed by atoms with van der Waals surface area (Å²) in [5.74, 6) is 0.432. The molecule has 1 fully saturated rings. The second-order valence-electron chi connectivity index (χ2n) is 7.13. The van der Waals surface area contributed by atoms with Crippen LogP contribution < -0.4 is 5.32 Å². The van der Waals surface area contributed by atoms with Crippen molar-refractivity contribution in [1.29, 1.82) is 0 Å². The molecule has 0 atom stereocenters. The fourth-order valence-electron chi connectivity index (χ4n) is 3.68. The minimum Gasteiger partial charge on any atom is -0.323 e. The number of para-hydroxylation sites is 1. The maximum atomic E-state index is 13.8. The second-order valence-corrected chi connectivity index (χ2v) is 9.11. The molecule has 0 saturated heterocycles. The summed E-state index contributed by atoms with van der Waals surface area (Å²) in [6, 6.07) is 10.7. The molecule has 3 aromatic rings. The molecule has 1 aliphatic carbocycles. The molecule has 0 spiro atoms. The standard InChI is InChI=1S/C21H23FN4OS2/c22-17-10-4-5-11-18(17)23-20(27)14-29-21-25-24-19(13-16-9-6-12-28-16)26(21)15-7-2-1-3-8-15/h4-6,9-12,15H,1-3,7-8,13-14H2,(H,23,27). The first-order chi connectivity index (χ1) is 14.2. The summed E-state index contributed by atoms with van der Waals surface area (Å²) >= 11 is 3.08. The number of halogens is 1. The first-order valence-corrected chi connectivity index (χ1v) is 11.7. The highest BCUT2D eigenvalue weighted by Crippen LogP contribution is 2.33. The fourth-order valence-corrected chi connectivity index (χ4v) is 5.21. The van der Waals surface area contributed by atoms with Gasteiger partial charge < -0.3 is 9.88 Å². The Labute approximate surface area is 177 Å². The van der Waals surface area contributed by atoms with Crippen molar-refractivity contribution in [2.75, 3.05) is 11.1 Å². The van der Waals surface area contributed by atoms with Crippen LogP contribution in [0.3, 0.4) is 0 Å². The molecule has 8 heteroatoms. The number of rotatable bonds is 7. The SMILES string of the molecule is O=C(CSc1nnc(Cc2cccs2)n1C1CCCCC1)Nc1ccccc1F. The number of nitrogens with one attached hydrogen (secondary N) is 1. The zero-order valence-corrected chi connectivity index (χ0v) is 17.6. The van der Waals surface area contributed by atoms with Crippen LogP contribution in [0.1, 0.15) is 48.8 Å². The summed E-state index contributed by atoms with van der Waals surface area (Å²) in [4.78, 5) is 13.6. The molecule has 0 aliphatic heterocycles. The minimum absolute atomic E-state index is 0.165. The molecule has 1 aromatic carbocycles. The highest BCUT2D eigenvalue weighted by molar-refractivity contribution is 7.99. The molecule has 5 nitrogen and oxygen atoms in total. The van der Waals surface area contributed by atoms with Gasteiger partial charge in [0.2, 0.25) is 5.91 Å². The number of amides is 1. The Morgan fingerprint density at radius 1 is 1.17 bits per heavy atom. The Balaban J connectivity index is 1.48. The summed E-state index contributed by atoms with van der Waals surface area (Å²) < 4.78 is 16.0. The fraction of sp³-hybridized carbons (Fsp3) is 0.381. The number of nitrogens with zero attached hydrogens (tertiary/aromatic N) is 3. The van der Waals surface area contributed by atoms with Gasteiger partial charge in [-0.3, -0.25) is 4.79 Å². The Morgan fingerprint density at radius 3 is 2.76 bits per heavy atom. The lowest BCUT2D eigenvalue weighted by molar-refractivity contribution is -0.113. The number of aromatic nitrogens is 3. The van der Waals surface area contributed by atoms with Crippen molar-refractivity contribution in [3.8, 4) is 0 Å². The van der Waals surface area contributed by atoms with E-state index in [1.165, 1.54) is 42.0 Å². The smallest absolute Gasteiger partial charge is 0.234 e. The number of thiophene rings is 1. The van der Waals surface area contributed by atoms with Crippen LogP contribution in [0.15, 0.2) is 46.9 Å². The van der Waals surface area contributed by atoms with E-state index >= 15 is 0 Å². The van der Waals surface area contributed by atoms with Gasteiger partial charge in [-0.05, 0) is 36.4 Å². The van der Waals surface area contributed by atoms with Crippen LogP contribution in [0.5, 0.6) is 0 Å². The normalized spacial score (nSPS) is 14.8. The predicted molar refractivity (Wildman–Crippen MR) is 115 cm³/mol. The van der Waals surface area contributed by atoms with Gasteiger partial charge in [0.05, 0.1) is 11.4 Å². The average Bonchev–Trinajstić information content (AvgIpc) is 3.39. The van der Waals surface area contributed by atoms with Gasteiger partial charge in [-0.25, -0.2) is 4.39 Å². The summed E-state index contributed by atoms with van der Waals surface area (Å²) in [6.07, 6.45) is 6.67. The number of carbonyl (C=O) groups is 1. The van der Waals surface area contributed by atoms with Crippen molar-refractivity contribution in [2.24, 2.45) is 0 Å². The molecule has 4 rings (SSSR count). The maximum absolute atomic E-state index is 13.8. The zero-order chi connectivity index (χ0) is 20.1. The molecule has 2 heterocycles. The highest BCUT2D eigenvalue weighted by atomic mass is 32.2. The van der Waals surface area contributed by atoms with E-state index < -0.39 is 5.82 Å². The maximum Gasteiger partial charge on any atom is 0.234 e. The topological polar surface area (TPSA) is 59.8 Å². The molecule has 1 N–H and O–H groups in total. The molecule has 1 amide bonds. The minimum atomic E-state index is -0.436.